The lowest BCUT2D eigenvalue weighted by Crippen LogP contribution is -2.57. The van der Waals surface area contributed by atoms with Crippen LogP contribution in [-0.2, 0) is 0 Å². The van der Waals surface area contributed by atoms with Crippen LogP contribution in [0, 0.1) is 0 Å². The number of hydrogen-bond acceptors (Lipinski definition) is 5. The first-order chi connectivity index (χ1) is 9.68. The molecule has 0 radical (unpaired) electrons. The zero-order valence-electron chi connectivity index (χ0n) is 11.3. The largest absolute Gasteiger partial charge is 0.409 e. The van der Waals surface area contributed by atoms with Gasteiger partial charge in [-0.25, -0.2) is 0 Å². The Hall–Kier alpha value is -2.05. The minimum absolute atomic E-state index is 0.0521. The van der Waals surface area contributed by atoms with Gasteiger partial charge in [0.25, 0.3) is 5.91 Å². The molecule has 1 aliphatic rings. The van der Waals surface area contributed by atoms with Gasteiger partial charge in [0.15, 0.2) is 11.5 Å². The SMILES string of the molecule is NC(=NO)C1(NC(=O)c2ccon2)CCCCCCC1. The lowest BCUT2D eigenvalue weighted by atomic mass is 9.82. The van der Waals surface area contributed by atoms with Crippen LogP contribution in [0.2, 0.25) is 0 Å². The summed E-state index contributed by atoms with van der Waals surface area (Å²) in [4.78, 5) is 12.2. The monoisotopic (exact) mass is 280 g/mol. The Kier molecular flexibility index (Phi) is 4.60. The molecule has 0 atom stereocenters. The van der Waals surface area contributed by atoms with Crippen LogP contribution in [0.3, 0.4) is 0 Å². The van der Waals surface area contributed by atoms with Crippen LogP contribution in [0.5, 0.6) is 0 Å². The molecule has 0 aromatic carbocycles. The summed E-state index contributed by atoms with van der Waals surface area (Å²) in [5.74, 6) is -0.317. The van der Waals surface area contributed by atoms with E-state index in [4.69, 9.17) is 10.9 Å². The van der Waals surface area contributed by atoms with Gasteiger partial charge in [0.2, 0.25) is 0 Å². The summed E-state index contributed by atoms with van der Waals surface area (Å²) in [6.07, 6.45) is 7.86. The fraction of sp³-hybridized carbons (Fsp3) is 0.615. The van der Waals surface area contributed by atoms with E-state index in [0.717, 1.165) is 25.7 Å². The van der Waals surface area contributed by atoms with Gasteiger partial charge >= 0.3 is 0 Å². The lowest BCUT2D eigenvalue weighted by molar-refractivity contribution is 0.0901. The van der Waals surface area contributed by atoms with Crippen LogP contribution in [0.1, 0.15) is 55.4 Å². The number of carbonyl (C=O) groups is 1. The van der Waals surface area contributed by atoms with E-state index in [-0.39, 0.29) is 17.4 Å². The number of hydrogen-bond donors (Lipinski definition) is 3. The van der Waals surface area contributed by atoms with E-state index in [1.54, 1.807) is 0 Å². The lowest BCUT2D eigenvalue weighted by Gasteiger charge is -2.34. The van der Waals surface area contributed by atoms with E-state index in [9.17, 15) is 4.79 Å². The van der Waals surface area contributed by atoms with Gasteiger partial charge in [-0.1, -0.05) is 42.4 Å². The Morgan fingerprint density at radius 3 is 2.55 bits per heavy atom. The van der Waals surface area contributed by atoms with Gasteiger partial charge in [-0.3, -0.25) is 4.79 Å². The highest BCUT2D eigenvalue weighted by Crippen LogP contribution is 2.27. The Labute approximate surface area is 117 Å². The van der Waals surface area contributed by atoms with Crippen molar-refractivity contribution in [1.29, 1.82) is 0 Å². The number of oxime groups is 1. The molecule has 1 aromatic heterocycles. The summed E-state index contributed by atoms with van der Waals surface area (Å²) in [6, 6.07) is 1.48. The number of amides is 1. The maximum Gasteiger partial charge on any atom is 0.274 e. The molecule has 1 saturated carbocycles. The summed E-state index contributed by atoms with van der Waals surface area (Å²) in [6.45, 7) is 0. The highest BCUT2D eigenvalue weighted by atomic mass is 16.5. The fourth-order valence-electron chi connectivity index (χ4n) is 2.66. The van der Waals surface area contributed by atoms with E-state index in [1.165, 1.54) is 18.8 Å². The van der Waals surface area contributed by atoms with E-state index in [2.05, 4.69) is 20.2 Å². The summed E-state index contributed by atoms with van der Waals surface area (Å²) in [5.41, 5.74) is 5.24. The molecule has 1 aliphatic carbocycles. The van der Waals surface area contributed by atoms with Crippen molar-refractivity contribution >= 4 is 11.7 Å². The van der Waals surface area contributed by atoms with Crippen molar-refractivity contribution in [1.82, 2.24) is 10.5 Å². The van der Waals surface area contributed by atoms with Crippen molar-refractivity contribution in [2.75, 3.05) is 0 Å². The second kappa shape index (κ2) is 6.40. The van der Waals surface area contributed by atoms with E-state index < -0.39 is 5.54 Å². The fourth-order valence-corrected chi connectivity index (χ4v) is 2.66. The van der Waals surface area contributed by atoms with Crippen molar-refractivity contribution in [3.05, 3.63) is 18.0 Å². The van der Waals surface area contributed by atoms with Crippen LogP contribution in [0.25, 0.3) is 0 Å². The first-order valence-corrected chi connectivity index (χ1v) is 6.89. The van der Waals surface area contributed by atoms with Crippen LogP contribution < -0.4 is 11.1 Å². The molecule has 1 heterocycles. The van der Waals surface area contributed by atoms with Gasteiger partial charge in [-0.2, -0.15) is 0 Å². The number of rotatable bonds is 3. The number of nitrogens with one attached hydrogen (secondary N) is 1. The molecule has 0 aliphatic heterocycles. The highest BCUT2D eigenvalue weighted by molar-refractivity contribution is 5.99. The molecule has 2 rings (SSSR count). The van der Waals surface area contributed by atoms with Crippen molar-refractivity contribution < 1.29 is 14.5 Å². The molecule has 0 bridgehead atoms. The second-order valence-corrected chi connectivity index (χ2v) is 5.17. The molecule has 4 N–H and O–H groups in total. The third-order valence-electron chi connectivity index (χ3n) is 3.83. The Balaban J connectivity index is 2.19. The molecule has 0 spiro atoms. The van der Waals surface area contributed by atoms with E-state index in [0.29, 0.717) is 12.8 Å². The van der Waals surface area contributed by atoms with Gasteiger partial charge in [0.1, 0.15) is 11.8 Å². The van der Waals surface area contributed by atoms with Gasteiger partial charge in [-0.15, -0.1) is 0 Å². The first kappa shape index (κ1) is 14.4. The third-order valence-corrected chi connectivity index (χ3v) is 3.83. The van der Waals surface area contributed by atoms with Gasteiger partial charge in [0, 0.05) is 6.07 Å². The molecule has 110 valence electrons. The van der Waals surface area contributed by atoms with Crippen LogP contribution in [0.4, 0.5) is 0 Å². The number of aromatic nitrogens is 1. The molecular weight excluding hydrogens is 260 g/mol. The van der Waals surface area contributed by atoms with Gasteiger partial charge < -0.3 is 20.8 Å². The molecule has 7 nitrogen and oxygen atoms in total. The number of nitrogens with zero attached hydrogens (tertiary/aromatic N) is 2. The van der Waals surface area contributed by atoms with Crippen molar-refractivity contribution in [3.63, 3.8) is 0 Å². The Morgan fingerprint density at radius 2 is 2.00 bits per heavy atom. The summed E-state index contributed by atoms with van der Waals surface area (Å²) >= 11 is 0. The molecule has 7 heteroatoms. The minimum atomic E-state index is -0.800. The first-order valence-electron chi connectivity index (χ1n) is 6.89. The Bertz CT molecular complexity index is 462. The molecule has 1 fully saturated rings. The van der Waals surface area contributed by atoms with Crippen LogP contribution in [-0.4, -0.2) is 27.6 Å². The number of carbonyl (C=O) groups excluding carboxylic acids is 1. The Morgan fingerprint density at radius 1 is 1.35 bits per heavy atom. The molecule has 1 amide bonds. The maximum atomic E-state index is 12.2. The average molecular weight is 280 g/mol. The molecule has 1 aromatic rings. The van der Waals surface area contributed by atoms with E-state index >= 15 is 0 Å². The normalized spacial score (nSPS) is 19.9. The molecular formula is C13H20N4O3. The minimum Gasteiger partial charge on any atom is -0.409 e. The summed E-state index contributed by atoms with van der Waals surface area (Å²) in [5, 5.41) is 18.6. The molecule has 0 saturated heterocycles. The van der Waals surface area contributed by atoms with E-state index in [1.807, 2.05) is 0 Å². The smallest absolute Gasteiger partial charge is 0.274 e. The van der Waals surface area contributed by atoms with Crippen molar-refractivity contribution in [3.8, 4) is 0 Å². The number of nitrogens with two attached hydrogens (primary N) is 1. The predicted octanol–water partition coefficient (Wildman–Crippen LogP) is 1.63. The zero-order valence-corrected chi connectivity index (χ0v) is 11.3. The summed E-state index contributed by atoms with van der Waals surface area (Å²) < 4.78 is 4.67. The zero-order chi connectivity index (χ0) is 14.4. The topological polar surface area (TPSA) is 114 Å². The highest BCUT2D eigenvalue weighted by Gasteiger charge is 2.37. The van der Waals surface area contributed by atoms with Crippen LogP contribution >= 0.6 is 0 Å². The average Bonchev–Trinajstić information content (AvgIpc) is 2.95. The standard InChI is InChI=1S/C13H20N4O3/c14-12(16-19)13(7-4-2-1-3-5-8-13)15-11(18)10-6-9-20-17-10/h6,9,19H,1-5,7-8H2,(H2,14,16)(H,15,18). The predicted molar refractivity (Wildman–Crippen MR) is 72.4 cm³/mol. The molecule has 20 heavy (non-hydrogen) atoms. The third kappa shape index (κ3) is 3.09. The van der Waals surface area contributed by atoms with Crippen molar-refractivity contribution in [2.24, 2.45) is 10.9 Å². The molecule has 0 unspecified atom stereocenters. The van der Waals surface area contributed by atoms with Crippen molar-refractivity contribution in [2.45, 2.75) is 50.5 Å². The van der Waals surface area contributed by atoms with Gasteiger partial charge in [-0.05, 0) is 12.8 Å². The second-order valence-electron chi connectivity index (χ2n) is 5.17. The quantitative estimate of drug-likeness (QED) is 0.337. The maximum absolute atomic E-state index is 12.2. The number of amidine groups is 1. The summed E-state index contributed by atoms with van der Waals surface area (Å²) in [7, 11) is 0. The van der Waals surface area contributed by atoms with Gasteiger partial charge in [0.05, 0.1) is 0 Å². The van der Waals surface area contributed by atoms with Crippen LogP contribution in [0.15, 0.2) is 22.0 Å².